The number of hydrogen-bond acceptors (Lipinski definition) is 3. The maximum atomic E-state index is 13.4. The highest BCUT2D eigenvalue weighted by atomic mass is 35.5. The molecule has 1 aliphatic rings. The van der Waals surface area contributed by atoms with Gasteiger partial charge in [0.25, 0.3) is 0 Å². The Hall–Kier alpha value is -1.65. The number of benzene rings is 2. The van der Waals surface area contributed by atoms with E-state index in [9.17, 15) is 4.39 Å². The van der Waals surface area contributed by atoms with E-state index >= 15 is 0 Å². The van der Waals surface area contributed by atoms with Crippen molar-refractivity contribution in [2.75, 3.05) is 18.5 Å². The standard InChI is InChI=1S/C15H12Cl2FNO2/c16-11-2-1-10(7-13(11)18)19-8-9-5-12(17)15-14(6-9)20-3-4-21-15/h1-2,5-7,19H,3-4,8H2. The minimum Gasteiger partial charge on any atom is -0.486 e. The molecule has 0 bridgehead atoms. The monoisotopic (exact) mass is 327 g/mol. The number of fused-ring (bicyclic) bond motifs is 1. The van der Waals surface area contributed by atoms with E-state index in [4.69, 9.17) is 32.7 Å². The third-order valence-corrected chi connectivity index (χ3v) is 3.66. The number of nitrogens with one attached hydrogen (secondary N) is 1. The van der Waals surface area contributed by atoms with Gasteiger partial charge in [-0.2, -0.15) is 0 Å². The highest BCUT2D eigenvalue weighted by Crippen LogP contribution is 2.38. The summed E-state index contributed by atoms with van der Waals surface area (Å²) in [6.45, 7) is 1.48. The van der Waals surface area contributed by atoms with Crippen LogP contribution in [0.3, 0.4) is 0 Å². The molecule has 1 N–H and O–H groups in total. The second-order valence-corrected chi connectivity index (χ2v) is 5.40. The Labute approximate surface area is 131 Å². The lowest BCUT2D eigenvalue weighted by Crippen LogP contribution is -2.16. The van der Waals surface area contributed by atoms with E-state index in [2.05, 4.69) is 5.32 Å². The predicted molar refractivity (Wildman–Crippen MR) is 81.2 cm³/mol. The summed E-state index contributed by atoms with van der Waals surface area (Å²) in [5, 5.41) is 3.72. The predicted octanol–water partition coefficient (Wildman–Crippen LogP) is 4.52. The Bertz CT molecular complexity index is 679. The molecule has 0 aromatic heterocycles. The zero-order valence-electron chi connectivity index (χ0n) is 11.0. The Kier molecular flexibility index (Phi) is 4.08. The first kappa shape index (κ1) is 14.3. The molecule has 0 radical (unpaired) electrons. The molecule has 1 aliphatic heterocycles. The van der Waals surface area contributed by atoms with Gasteiger partial charge < -0.3 is 14.8 Å². The molecule has 3 nitrogen and oxygen atoms in total. The summed E-state index contributed by atoms with van der Waals surface area (Å²) >= 11 is 11.8. The van der Waals surface area contributed by atoms with E-state index < -0.39 is 5.82 Å². The van der Waals surface area contributed by atoms with Crippen LogP contribution in [0.1, 0.15) is 5.56 Å². The SMILES string of the molecule is Fc1cc(NCc2cc(Cl)c3c(c2)OCCO3)ccc1Cl. The summed E-state index contributed by atoms with van der Waals surface area (Å²) in [7, 11) is 0. The molecule has 6 heteroatoms. The molecule has 0 unspecified atom stereocenters. The van der Waals surface area contributed by atoms with Crippen molar-refractivity contribution < 1.29 is 13.9 Å². The van der Waals surface area contributed by atoms with Crippen LogP contribution in [-0.4, -0.2) is 13.2 Å². The molecule has 2 aromatic rings. The van der Waals surface area contributed by atoms with E-state index in [0.717, 1.165) is 5.56 Å². The molecular formula is C15H12Cl2FNO2. The second kappa shape index (κ2) is 6.00. The highest BCUT2D eigenvalue weighted by Gasteiger charge is 2.16. The van der Waals surface area contributed by atoms with Crippen LogP contribution in [0.25, 0.3) is 0 Å². The average Bonchev–Trinajstić information content (AvgIpc) is 2.49. The first-order chi connectivity index (χ1) is 10.1. The van der Waals surface area contributed by atoms with Crippen molar-refractivity contribution in [2.24, 2.45) is 0 Å². The van der Waals surface area contributed by atoms with Crippen LogP contribution < -0.4 is 14.8 Å². The van der Waals surface area contributed by atoms with Crippen molar-refractivity contribution >= 4 is 28.9 Å². The van der Waals surface area contributed by atoms with Crippen molar-refractivity contribution in [3.8, 4) is 11.5 Å². The van der Waals surface area contributed by atoms with Gasteiger partial charge in [0, 0.05) is 12.2 Å². The third kappa shape index (κ3) is 3.17. The minimum atomic E-state index is -0.457. The molecule has 0 aliphatic carbocycles. The van der Waals surface area contributed by atoms with Crippen LogP contribution in [-0.2, 0) is 6.54 Å². The summed E-state index contributed by atoms with van der Waals surface area (Å²) in [6.07, 6.45) is 0. The Morgan fingerprint density at radius 1 is 1.05 bits per heavy atom. The van der Waals surface area contributed by atoms with Crippen LogP contribution in [0.4, 0.5) is 10.1 Å². The topological polar surface area (TPSA) is 30.5 Å². The first-order valence-electron chi connectivity index (χ1n) is 6.40. The van der Waals surface area contributed by atoms with Gasteiger partial charge in [-0.05, 0) is 35.9 Å². The molecule has 0 spiro atoms. The maximum absolute atomic E-state index is 13.4. The molecule has 0 atom stereocenters. The Morgan fingerprint density at radius 2 is 1.86 bits per heavy atom. The van der Waals surface area contributed by atoms with E-state index in [1.54, 1.807) is 12.1 Å². The molecule has 2 aromatic carbocycles. The number of ether oxygens (including phenoxy) is 2. The summed E-state index contributed by atoms with van der Waals surface area (Å²) in [5.41, 5.74) is 1.56. The lowest BCUT2D eigenvalue weighted by molar-refractivity contribution is 0.171. The molecule has 0 saturated carbocycles. The van der Waals surface area contributed by atoms with Gasteiger partial charge in [-0.1, -0.05) is 23.2 Å². The largest absolute Gasteiger partial charge is 0.486 e. The number of rotatable bonds is 3. The average molecular weight is 328 g/mol. The Balaban J connectivity index is 1.76. The molecule has 3 rings (SSSR count). The number of hydrogen-bond donors (Lipinski definition) is 1. The van der Waals surface area contributed by atoms with Gasteiger partial charge in [0.2, 0.25) is 0 Å². The van der Waals surface area contributed by atoms with Crippen molar-refractivity contribution in [3.05, 3.63) is 51.8 Å². The number of halogens is 3. The molecular weight excluding hydrogens is 316 g/mol. The smallest absolute Gasteiger partial charge is 0.179 e. The molecule has 0 amide bonds. The molecule has 0 fully saturated rings. The molecule has 21 heavy (non-hydrogen) atoms. The normalized spacial score (nSPS) is 13.1. The summed E-state index contributed by atoms with van der Waals surface area (Å²) in [5.74, 6) is 0.749. The van der Waals surface area contributed by atoms with Gasteiger partial charge >= 0.3 is 0 Å². The fourth-order valence-electron chi connectivity index (χ4n) is 2.08. The fraction of sp³-hybridized carbons (Fsp3) is 0.200. The van der Waals surface area contributed by atoms with Crippen LogP contribution in [0.2, 0.25) is 10.0 Å². The van der Waals surface area contributed by atoms with Crippen molar-refractivity contribution in [1.29, 1.82) is 0 Å². The summed E-state index contributed by atoms with van der Waals surface area (Å²) < 4.78 is 24.3. The van der Waals surface area contributed by atoms with Crippen LogP contribution in [0, 0.1) is 5.82 Å². The fourth-order valence-corrected chi connectivity index (χ4v) is 2.48. The Morgan fingerprint density at radius 3 is 2.67 bits per heavy atom. The first-order valence-corrected chi connectivity index (χ1v) is 7.16. The zero-order chi connectivity index (χ0) is 14.8. The van der Waals surface area contributed by atoms with Crippen molar-refractivity contribution in [2.45, 2.75) is 6.54 Å². The van der Waals surface area contributed by atoms with Gasteiger partial charge in [-0.15, -0.1) is 0 Å². The zero-order valence-corrected chi connectivity index (χ0v) is 12.5. The van der Waals surface area contributed by atoms with E-state index in [0.29, 0.717) is 42.0 Å². The summed E-state index contributed by atoms with van der Waals surface area (Å²) in [6, 6.07) is 8.23. The van der Waals surface area contributed by atoms with Crippen LogP contribution >= 0.6 is 23.2 Å². The molecule has 1 heterocycles. The highest BCUT2D eigenvalue weighted by molar-refractivity contribution is 6.32. The molecule has 110 valence electrons. The lowest BCUT2D eigenvalue weighted by atomic mass is 10.2. The van der Waals surface area contributed by atoms with Crippen molar-refractivity contribution in [1.82, 2.24) is 0 Å². The third-order valence-electron chi connectivity index (χ3n) is 3.07. The van der Waals surface area contributed by atoms with Crippen molar-refractivity contribution in [3.63, 3.8) is 0 Å². The van der Waals surface area contributed by atoms with E-state index in [1.165, 1.54) is 12.1 Å². The van der Waals surface area contributed by atoms with E-state index in [-0.39, 0.29) is 5.02 Å². The van der Waals surface area contributed by atoms with E-state index in [1.807, 2.05) is 6.07 Å². The van der Waals surface area contributed by atoms with Gasteiger partial charge in [-0.3, -0.25) is 0 Å². The van der Waals surface area contributed by atoms with Crippen LogP contribution in [0.15, 0.2) is 30.3 Å². The second-order valence-electron chi connectivity index (χ2n) is 4.58. The quantitative estimate of drug-likeness (QED) is 0.899. The van der Waals surface area contributed by atoms with Gasteiger partial charge in [0.1, 0.15) is 19.0 Å². The van der Waals surface area contributed by atoms with Gasteiger partial charge in [0.05, 0.1) is 10.0 Å². The molecule has 0 saturated heterocycles. The lowest BCUT2D eigenvalue weighted by Gasteiger charge is -2.20. The summed E-state index contributed by atoms with van der Waals surface area (Å²) in [4.78, 5) is 0. The minimum absolute atomic E-state index is 0.0999. The van der Waals surface area contributed by atoms with Gasteiger partial charge in [0.15, 0.2) is 11.5 Å². The number of anilines is 1. The van der Waals surface area contributed by atoms with Gasteiger partial charge in [-0.25, -0.2) is 4.39 Å². The maximum Gasteiger partial charge on any atom is 0.179 e. The van der Waals surface area contributed by atoms with Crippen LogP contribution in [0.5, 0.6) is 11.5 Å².